The predicted molar refractivity (Wildman–Crippen MR) is 80.1 cm³/mol. The molecule has 2 rings (SSSR count). The fourth-order valence-electron chi connectivity index (χ4n) is 2.57. The summed E-state index contributed by atoms with van der Waals surface area (Å²) >= 11 is 6.28. The molecule has 1 aliphatic rings. The molecule has 1 aromatic rings. The summed E-state index contributed by atoms with van der Waals surface area (Å²) in [5.41, 5.74) is 5.40. The lowest BCUT2D eigenvalue weighted by Gasteiger charge is -2.36. The number of nitrogens with zero attached hydrogens (tertiary/aromatic N) is 1. The van der Waals surface area contributed by atoms with E-state index in [0.29, 0.717) is 23.8 Å². The maximum atomic E-state index is 12.8. The Morgan fingerprint density at radius 3 is 2.65 bits per heavy atom. The Morgan fingerprint density at radius 2 is 2.10 bits per heavy atom. The van der Waals surface area contributed by atoms with Crippen LogP contribution in [0.3, 0.4) is 0 Å². The van der Waals surface area contributed by atoms with Gasteiger partial charge in [-0.25, -0.2) is 4.99 Å². The third-order valence-electron chi connectivity index (χ3n) is 3.67. The molecule has 20 heavy (non-hydrogen) atoms. The normalized spacial score (nSPS) is 26.1. The van der Waals surface area contributed by atoms with Crippen molar-refractivity contribution < 1.29 is 9.53 Å². The average molecular weight is 295 g/mol. The van der Waals surface area contributed by atoms with Gasteiger partial charge in [0.25, 0.3) is 0 Å². The standard InChI is InChI=1S/C15H19ClN2O2/c1-3-12-14(19)15(4-2,18-13(9-17)20-12)10-7-5-6-8-11(10)16/h5-8,12H,3-4,9,17H2,1-2H3. The van der Waals surface area contributed by atoms with Crippen molar-refractivity contribution in [3.8, 4) is 0 Å². The van der Waals surface area contributed by atoms with Crippen LogP contribution >= 0.6 is 11.6 Å². The first kappa shape index (κ1) is 15.0. The van der Waals surface area contributed by atoms with Gasteiger partial charge >= 0.3 is 0 Å². The number of aliphatic imine (C=N–C) groups is 1. The van der Waals surface area contributed by atoms with Gasteiger partial charge in [-0.3, -0.25) is 4.79 Å². The van der Waals surface area contributed by atoms with Crippen molar-refractivity contribution in [3.63, 3.8) is 0 Å². The molecule has 0 amide bonds. The lowest BCUT2D eigenvalue weighted by atomic mass is 9.80. The predicted octanol–water partition coefficient (Wildman–Crippen LogP) is 2.68. The van der Waals surface area contributed by atoms with Crippen molar-refractivity contribution in [1.82, 2.24) is 0 Å². The number of halogens is 1. The van der Waals surface area contributed by atoms with E-state index in [1.54, 1.807) is 6.07 Å². The molecule has 1 heterocycles. The number of benzene rings is 1. The zero-order valence-electron chi connectivity index (χ0n) is 11.7. The first-order chi connectivity index (χ1) is 9.58. The Balaban J connectivity index is 2.63. The van der Waals surface area contributed by atoms with Crippen LogP contribution in [-0.4, -0.2) is 24.3 Å². The molecule has 2 N–H and O–H groups in total. The van der Waals surface area contributed by atoms with Gasteiger partial charge in [-0.2, -0.15) is 0 Å². The van der Waals surface area contributed by atoms with Crippen molar-refractivity contribution >= 4 is 23.3 Å². The second-order valence-corrected chi connectivity index (χ2v) is 5.19. The molecule has 5 heteroatoms. The maximum absolute atomic E-state index is 12.8. The van der Waals surface area contributed by atoms with Crippen molar-refractivity contribution in [2.24, 2.45) is 10.7 Å². The number of ketones is 1. The highest BCUT2D eigenvalue weighted by molar-refractivity contribution is 6.31. The van der Waals surface area contributed by atoms with Crippen molar-refractivity contribution in [2.45, 2.75) is 38.3 Å². The summed E-state index contributed by atoms with van der Waals surface area (Å²) < 4.78 is 5.55. The van der Waals surface area contributed by atoms with Gasteiger partial charge in [-0.05, 0) is 18.9 Å². The monoisotopic (exact) mass is 294 g/mol. The van der Waals surface area contributed by atoms with E-state index in [2.05, 4.69) is 4.99 Å². The summed E-state index contributed by atoms with van der Waals surface area (Å²) in [6, 6.07) is 7.32. The molecular weight excluding hydrogens is 276 g/mol. The van der Waals surface area contributed by atoms with Crippen LogP contribution in [0.25, 0.3) is 0 Å². The zero-order valence-corrected chi connectivity index (χ0v) is 12.5. The molecule has 0 spiro atoms. The second kappa shape index (κ2) is 5.94. The van der Waals surface area contributed by atoms with Crippen LogP contribution in [0.15, 0.2) is 29.3 Å². The van der Waals surface area contributed by atoms with Crippen LogP contribution in [0, 0.1) is 0 Å². The van der Waals surface area contributed by atoms with Crippen molar-refractivity contribution in [3.05, 3.63) is 34.9 Å². The number of hydrogen-bond acceptors (Lipinski definition) is 4. The van der Waals surface area contributed by atoms with Crippen LogP contribution in [0.1, 0.15) is 32.3 Å². The third kappa shape index (κ3) is 2.34. The Kier molecular flexibility index (Phi) is 4.45. The molecule has 4 nitrogen and oxygen atoms in total. The summed E-state index contributed by atoms with van der Waals surface area (Å²) in [6.45, 7) is 4.02. The number of carbonyl (C=O) groups is 1. The van der Waals surface area contributed by atoms with Gasteiger partial charge < -0.3 is 10.5 Å². The number of nitrogens with two attached hydrogens (primary N) is 1. The molecule has 0 saturated carbocycles. The molecule has 0 saturated heterocycles. The van der Waals surface area contributed by atoms with E-state index in [9.17, 15) is 4.79 Å². The molecule has 0 aliphatic carbocycles. The van der Waals surface area contributed by atoms with Gasteiger partial charge in [-0.15, -0.1) is 0 Å². The van der Waals surface area contributed by atoms with Crippen molar-refractivity contribution in [1.29, 1.82) is 0 Å². The molecule has 0 radical (unpaired) electrons. The minimum Gasteiger partial charge on any atom is -0.469 e. The highest BCUT2D eigenvalue weighted by atomic mass is 35.5. The van der Waals surface area contributed by atoms with Gasteiger partial charge in [0.2, 0.25) is 5.78 Å². The second-order valence-electron chi connectivity index (χ2n) is 4.78. The van der Waals surface area contributed by atoms with Crippen LogP contribution in [-0.2, 0) is 15.1 Å². The number of hydrogen-bond donors (Lipinski definition) is 1. The molecule has 1 aliphatic heterocycles. The molecule has 1 aromatic carbocycles. The Bertz CT molecular complexity index is 544. The van der Waals surface area contributed by atoms with E-state index in [4.69, 9.17) is 22.1 Å². The number of carbonyl (C=O) groups excluding carboxylic acids is 1. The topological polar surface area (TPSA) is 64.7 Å². The van der Waals surface area contributed by atoms with E-state index in [0.717, 1.165) is 5.56 Å². The van der Waals surface area contributed by atoms with E-state index in [-0.39, 0.29) is 12.3 Å². The SMILES string of the molecule is CCC1OC(CN)=NC(CC)(c2ccccc2Cl)C1=O. The smallest absolute Gasteiger partial charge is 0.205 e. The van der Waals surface area contributed by atoms with E-state index in [1.807, 2.05) is 32.0 Å². The van der Waals surface area contributed by atoms with Crippen LogP contribution in [0.5, 0.6) is 0 Å². The van der Waals surface area contributed by atoms with Gasteiger partial charge in [0, 0.05) is 10.6 Å². The highest BCUT2D eigenvalue weighted by Crippen LogP contribution is 2.39. The minimum atomic E-state index is -0.980. The number of rotatable bonds is 4. The summed E-state index contributed by atoms with van der Waals surface area (Å²) in [5, 5.41) is 0.541. The van der Waals surface area contributed by atoms with Gasteiger partial charge in [0.1, 0.15) is 0 Å². The molecule has 0 aromatic heterocycles. The van der Waals surface area contributed by atoms with Crippen LogP contribution < -0.4 is 5.73 Å². The van der Waals surface area contributed by atoms with E-state index >= 15 is 0 Å². The fourth-order valence-corrected chi connectivity index (χ4v) is 2.87. The molecule has 2 atom stereocenters. The molecule has 2 unspecified atom stereocenters. The third-order valence-corrected chi connectivity index (χ3v) is 4.00. The largest absolute Gasteiger partial charge is 0.469 e. The van der Waals surface area contributed by atoms with Crippen LogP contribution in [0.2, 0.25) is 5.02 Å². The Labute approximate surface area is 124 Å². The summed E-state index contributed by atoms with van der Waals surface area (Å²) in [4.78, 5) is 17.3. The first-order valence-corrected chi connectivity index (χ1v) is 7.21. The van der Waals surface area contributed by atoms with Gasteiger partial charge in [-0.1, -0.05) is 43.6 Å². The number of Topliss-reactive ketones (excluding diaryl/α,β-unsaturated/α-hetero) is 1. The average Bonchev–Trinajstić information content (AvgIpc) is 2.48. The van der Waals surface area contributed by atoms with Crippen molar-refractivity contribution in [2.75, 3.05) is 6.54 Å². The minimum absolute atomic E-state index is 0.0483. The van der Waals surface area contributed by atoms with E-state index in [1.165, 1.54) is 0 Å². The molecule has 108 valence electrons. The van der Waals surface area contributed by atoms with Gasteiger partial charge in [0.05, 0.1) is 6.54 Å². The molecule has 0 fully saturated rings. The molecular formula is C15H19ClN2O2. The quantitative estimate of drug-likeness (QED) is 0.928. The summed E-state index contributed by atoms with van der Waals surface area (Å²) in [6.07, 6.45) is 0.602. The van der Waals surface area contributed by atoms with Crippen LogP contribution in [0.4, 0.5) is 0 Å². The summed E-state index contributed by atoms with van der Waals surface area (Å²) in [5.74, 6) is 0.367. The highest BCUT2D eigenvalue weighted by Gasteiger charge is 2.47. The van der Waals surface area contributed by atoms with Gasteiger partial charge in [0.15, 0.2) is 17.5 Å². The maximum Gasteiger partial charge on any atom is 0.205 e. The number of ether oxygens (including phenoxy) is 1. The Hall–Kier alpha value is -1.39. The first-order valence-electron chi connectivity index (χ1n) is 6.83. The lowest BCUT2D eigenvalue weighted by Crippen LogP contribution is -2.48. The Morgan fingerprint density at radius 1 is 1.40 bits per heavy atom. The zero-order chi connectivity index (χ0) is 14.8. The fraction of sp³-hybridized carbons (Fsp3) is 0.467. The lowest BCUT2D eigenvalue weighted by molar-refractivity contribution is -0.134. The van der Waals surface area contributed by atoms with E-state index < -0.39 is 11.6 Å². The molecule has 0 bridgehead atoms. The summed E-state index contributed by atoms with van der Waals surface area (Å²) in [7, 11) is 0.